The number of amides is 3. The Morgan fingerprint density at radius 3 is 1.77 bits per heavy atom. The average Bonchev–Trinajstić information content (AvgIpc) is 2.67. The summed E-state index contributed by atoms with van der Waals surface area (Å²) in [4.78, 5) is 52.3. The predicted molar refractivity (Wildman–Crippen MR) is 133 cm³/mol. The number of unbranched alkanes of at least 4 members (excludes halogenated alkanes) is 3. The molecule has 0 heterocycles. The number of hydrogen-bond acceptors (Lipinski definition) is 8. The first-order valence-electron chi connectivity index (χ1n) is 12.2. The molecule has 0 aromatic rings. The van der Waals surface area contributed by atoms with Crippen molar-refractivity contribution in [1.82, 2.24) is 16.0 Å². The Morgan fingerprint density at radius 2 is 1.31 bits per heavy atom. The second-order valence-electron chi connectivity index (χ2n) is 9.90. The molecule has 0 saturated heterocycles. The number of aliphatic imine (C=N–C) groups is 1. The molecule has 35 heavy (non-hydrogen) atoms. The third kappa shape index (κ3) is 17.3. The molecule has 0 aliphatic heterocycles. The van der Waals surface area contributed by atoms with E-state index in [0.717, 1.165) is 19.3 Å². The van der Waals surface area contributed by atoms with Crippen molar-refractivity contribution in [3.63, 3.8) is 0 Å². The third-order valence-corrected chi connectivity index (χ3v) is 4.19. The van der Waals surface area contributed by atoms with Crippen LogP contribution in [0, 0.1) is 5.92 Å². The molecule has 1 unspecified atom stereocenters. The molecule has 0 radical (unpaired) electrons. The van der Waals surface area contributed by atoms with Gasteiger partial charge in [-0.05, 0) is 67.7 Å². The van der Waals surface area contributed by atoms with Crippen molar-refractivity contribution in [2.75, 3.05) is 19.7 Å². The Labute approximate surface area is 209 Å². The lowest BCUT2D eigenvalue weighted by Crippen LogP contribution is -2.47. The zero-order valence-corrected chi connectivity index (χ0v) is 22.5. The van der Waals surface area contributed by atoms with Gasteiger partial charge in [0, 0.05) is 13.1 Å². The number of carbonyl (C=O) groups is 4. The van der Waals surface area contributed by atoms with Gasteiger partial charge in [0.2, 0.25) is 11.9 Å². The van der Waals surface area contributed by atoms with E-state index >= 15 is 0 Å². The fraction of sp³-hybridized carbons (Fsp3) is 0.792. The van der Waals surface area contributed by atoms with E-state index in [9.17, 15) is 19.2 Å². The Bertz CT molecular complexity index is 692. The second kappa shape index (κ2) is 15.9. The Hall–Kier alpha value is -2.85. The van der Waals surface area contributed by atoms with Gasteiger partial charge in [0.1, 0.15) is 17.1 Å². The van der Waals surface area contributed by atoms with Crippen LogP contribution in [0.15, 0.2) is 4.99 Å². The molecule has 0 bridgehead atoms. The first-order chi connectivity index (χ1) is 16.2. The molecule has 0 aliphatic rings. The van der Waals surface area contributed by atoms with E-state index in [1.807, 2.05) is 0 Å². The minimum Gasteiger partial charge on any atom is -0.465 e. The first kappa shape index (κ1) is 32.1. The Balaban J connectivity index is 4.55. The van der Waals surface area contributed by atoms with Crippen molar-refractivity contribution < 1.29 is 33.4 Å². The summed E-state index contributed by atoms with van der Waals surface area (Å²) in [5.74, 6) is -1.65. The van der Waals surface area contributed by atoms with Gasteiger partial charge in [0.15, 0.2) is 0 Å². The number of carbonyl (C=O) groups excluding carboxylic acids is 4. The molecule has 11 nitrogen and oxygen atoms in total. The van der Waals surface area contributed by atoms with Crippen LogP contribution in [0.25, 0.3) is 0 Å². The van der Waals surface area contributed by atoms with Crippen molar-refractivity contribution in [2.45, 2.75) is 98.7 Å². The molecular weight excluding hydrogens is 456 g/mol. The van der Waals surface area contributed by atoms with Crippen molar-refractivity contribution in [2.24, 2.45) is 10.9 Å². The maximum atomic E-state index is 12.1. The molecule has 202 valence electrons. The van der Waals surface area contributed by atoms with E-state index < -0.39 is 35.3 Å². The lowest BCUT2D eigenvalue weighted by atomic mass is 10.1. The fourth-order valence-electron chi connectivity index (χ4n) is 2.73. The molecule has 0 aromatic carbocycles. The van der Waals surface area contributed by atoms with Crippen molar-refractivity contribution in [1.29, 1.82) is 0 Å². The number of ether oxygens (including phenoxy) is 3. The zero-order valence-electron chi connectivity index (χ0n) is 22.5. The van der Waals surface area contributed by atoms with Crippen LogP contribution >= 0.6 is 0 Å². The largest absolute Gasteiger partial charge is 0.465 e. The molecule has 0 saturated carbocycles. The smallest absolute Gasteiger partial charge is 0.414 e. The molecule has 0 rings (SSSR count). The molecule has 1 atom stereocenters. The lowest BCUT2D eigenvalue weighted by Gasteiger charge is -2.22. The van der Waals surface area contributed by atoms with Crippen LogP contribution in [0.2, 0.25) is 0 Å². The summed E-state index contributed by atoms with van der Waals surface area (Å²) in [5.41, 5.74) is -1.41. The van der Waals surface area contributed by atoms with Gasteiger partial charge in [-0.2, -0.15) is 0 Å². The van der Waals surface area contributed by atoms with Crippen LogP contribution in [0.3, 0.4) is 0 Å². The maximum Gasteiger partial charge on any atom is 0.414 e. The SMILES string of the molecule is CCOC(=O)C(CC)C(=O)NCCCCCCN=C(NC(=O)OC(C)(C)C)NC(=O)OC(C)(C)C. The van der Waals surface area contributed by atoms with Crippen LogP contribution in [-0.4, -0.2) is 60.9 Å². The number of rotatable bonds is 11. The first-order valence-corrected chi connectivity index (χ1v) is 12.2. The van der Waals surface area contributed by atoms with Crippen molar-refractivity contribution >= 4 is 30.0 Å². The number of hydrogen-bond donors (Lipinski definition) is 3. The highest BCUT2D eigenvalue weighted by atomic mass is 16.6. The van der Waals surface area contributed by atoms with Crippen molar-refractivity contribution in [3.8, 4) is 0 Å². The molecule has 0 spiro atoms. The van der Waals surface area contributed by atoms with Crippen LogP contribution in [-0.2, 0) is 23.8 Å². The molecule has 11 heteroatoms. The zero-order chi connectivity index (χ0) is 27.1. The maximum absolute atomic E-state index is 12.1. The van der Waals surface area contributed by atoms with E-state index in [-0.39, 0.29) is 18.5 Å². The standard InChI is InChI=1S/C24H44N4O7/c1-9-17(19(30)33-10-2)18(29)25-15-13-11-12-14-16-26-20(27-21(31)34-23(3,4)5)28-22(32)35-24(6,7)8/h17H,9-16H2,1-8H3,(H,25,29)(H2,26,27,28,31,32). The van der Waals surface area contributed by atoms with Gasteiger partial charge < -0.3 is 19.5 Å². The van der Waals surface area contributed by atoms with E-state index in [1.165, 1.54) is 0 Å². The summed E-state index contributed by atoms with van der Waals surface area (Å²) in [5, 5.41) is 7.65. The fourth-order valence-corrected chi connectivity index (χ4v) is 2.73. The predicted octanol–water partition coefficient (Wildman–Crippen LogP) is 3.66. The summed E-state index contributed by atoms with van der Waals surface area (Å²) in [6.45, 7) is 14.9. The van der Waals surface area contributed by atoms with Gasteiger partial charge in [-0.15, -0.1) is 0 Å². The van der Waals surface area contributed by atoms with E-state index in [0.29, 0.717) is 25.9 Å². The number of nitrogens with one attached hydrogen (secondary N) is 3. The van der Waals surface area contributed by atoms with Crippen LogP contribution in [0.5, 0.6) is 0 Å². The summed E-state index contributed by atoms with van der Waals surface area (Å²) < 4.78 is 15.3. The van der Waals surface area contributed by atoms with Crippen LogP contribution < -0.4 is 16.0 Å². The highest BCUT2D eigenvalue weighted by Gasteiger charge is 2.25. The highest BCUT2D eigenvalue weighted by molar-refractivity contribution is 6.01. The number of esters is 1. The Kier molecular flexibility index (Phi) is 14.6. The average molecular weight is 501 g/mol. The van der Waals surface area contributed by atoms with E-state index in [4.69, 9.17) is 14.2 Å². The minimum absolute atomic E-state index is 0.0506. The van der Waals surface area contributed by atoms with Crippen LogP contribution in [0.4, 0.5) is 9.59 Å². The summed E-state index contributed by atoms with van der Waals surface area (Å²) in [6.07, 6.45) is 2.01. The normalized spacial score (nSPS) is 12.1. The molecule has 0 fully saturated rings. The van der Waals surface area contributed by atoms with Gasteiger partial charge in [0.05, 0.1) is 6.61 Å². The number of guanidine groups is 1. The summed E-state index contributed by atoms with van der Waals surface area (Å²) in [7, 11) is 0. The van der Waals surface area contributed by atoms with E-state index in [1.54, 1.807) is 55.4 Å². The van der Waals surface area contributed by atoms with Gasteiger partial charge in [-0.3, -0.25) is 25.2 Å². The summed E-state index contributed by atoms with van der Waals surface area (Å²) >= 11 is 0. The topological polar surface area (TPSA) is 144 Å². The van der Waals surface area contributed by atoms with Crippen LogP contribution in [0.1, 0.15) is 87.5 Å². The van der Waals surface area contributed by atoms with Crippen molar-refractivity contribution in [3.05, 3.63) is 0 Å². The number of nitrogens with zero attached hydrogens (tertiary/aromatic N) is 1. The third-order valence-electron chi connectivity index (χ3n) is 4.19. The lowest BCUT2D eigenvalue weighted by molar-refractivity contribution is -0.152. The molecular formula is C24H44N4O7. The monoisotopic (exact) mass is 500 g/mol. The molecule has 3 amide bonds. The summed E-state index contributed by atoms with van der Waals surface area (Å²) in [6, 6.07) is 0. The van der Waals surface area contributed by atoms with Gasteiger partial charge in [0.25, 0.3) is 0 Å². The molecule has 3 N–H and O–H groups in total. The van der Waals surface area contributed by atoms with Gasteiger partial charge in [-0.25, -0.2) is 9.59 Å². The Morgan fingerprint density at radius 1 is 0.800 bits per heavy atom. The van der Waals surface area contributed by atoms with Gasteiger partial charge in [-0.1, -0.05) is 19.8 Å². The number of alkyl carbamates (subject to hydrolysis) is 2. The minimum atomic E-state index is -0.780. The quantitative estimate of drug-likeness (QED) is 0.0980. The highest BCUT2D eigenvalue weighted by Crippen LogP contribution is 2.08. The second-order valence-corrected chi connectivity index (χ2v) is 9.90. The molecule has 0 aliphatic carbocycles. The van der Waals surface area contributed by atoms with E-state index in [2.05, 4.69) is 20.9 Å². The molecule has 0 aromatic heterocycles. The van der Waals surface area contributed by atoms with Gasteiger partial charge >= 0.3 is 18.2 Å².